The molecule has 7 heteroatoms. The van der Waals surface area contributed by atoms with E-state index >= 15 is 0 Å². The largest absolute Gasteiger partial charge is 0.497 e. The second kappa shape index (κ2) is 7.56. The van der Waals surface area contributed by atoms with Crippen molar-refractivity contribution < 1.29 is 18.7 Å². The number of nitrogens with zero attached hydrogens (tertiary/aromatic N) is 2. The van der Waals surface area contributed by atoms with Crippen molar-refractivity contribution in [2.45, 2.75) is 12.5 Å². The number of carbonyl (C=O) groups excluding carboxylic acids is 1. The molecule has 1 amide bonds. The first-order chi connectivity index (χ1) is 13.7. The predicted octanol–water partition coefficient (Wildman–Crippen LogP) is 3.38. The van der Waals surface area contributed by atoms with E-state index in [1.54, 1.807) is 43.8 Å². The summed E-state index contributed by atoms with van der Waals surface area (Å²) in [6, 6.07) is 6.69. The van der Waals surface area contributed by atoms with E-state index in [4.69, 9.17) is 13.9 Å². The number of rotatable bonds is 5. The molecule has 1 atom stereocenters. The van der Waals surface area contributed by atoms with Crippen LogP contribution in [0.15, 0.2) is 59.3 Å². The number of aromatic nitrogens is 2. The van der Waals surface area contributed by atoms with Crippen LogP contribution in [0.25, 0.3) is 16.7 Å². The second-order valence-corrected chi connectivity index (χ2v) is 6.29. The molecule has 142 valence electrons. The Morgan fingerprint density at radius 2 is 2.14 bits per heavy atom. The van der Waals surface area contributed by atoms with E-state index in [9.17, 15) is 4.79 Å². The van der Waals surface area contributed by atoms with Crippen LogP contribution in [0.3, 0.4) is 0 Å². The molecule has 0 bridgehead atoms. The molecule has 3 aromatic rings. The van der Waals surface area contributed by atoms with Crippen molar-refractivity contribution in [3.05, 3.63) is 66.3 Å². The Hall–Kier alpha value is -3.61. The van der Waals surface area contributed by atoms with Gasteiger partial charge in [0.25, 0.3) is 5.91 Å². The molecule has 1 aromatic carbocycles. The van der Waals surface area contributed by atoms with E-state index in [1.807, 2.05) is 18.2 Å². The van der Waals surface area contributed by atoms with Gasteiger partial charge in [0, 0.05) is 30.3 Å². The first-order valence-electron chi connectivity index (χ1n) is 8.79. The Morgan fingerprint density at radius 1 is 1.25 bits per heavy atom. The number of hydrogen-bond donors (Lipinski definition) is 1. The van der Waals surface area contributed by atoms with E-state index < -0.39 is 0 Å². The fraction of sp³-hybridized carbons (Fsp3) is 0.190. The Kier molecular flexibility index (Phi) is 4.80. The Morgan fingerprint density at radius 3 is 2.93 bits per heavy atom. The highest BCUT2D eigenvalue weighted by molar-refractivity contribution is 5.97. The maximum Gasteiger partial charge on any atom is 0.255 e. The average molecular weight is 377 g/mol. The molecule has 2 heterocycles. The van der Waals surface area contributed by atoms with Gasteiger partial charge in [0.1, 0.15) is 17.0 Å². The molecule has 0 aliphatic heterocycles. The molecule has 4 rings (SSSR count). The van der Waals surface area contributed by atoms with Gasteiger partial charge in [-0.15, -0.1) is 0 Å². The van der Waals surface area contributed by atoms with Crippen molar-refractivity contribution in [2.75, 3.05) is 14.2 Å². The fourth-order valence-corrected chi connectivity index (χ4v) is 3.09. The van der Waals surface area contributed by atoms with Crippen LogP contribution in [-0.2, 0) is 0 Å². The highest BCUT2D eigenvalue weighted by atomic mass is 16.5. The summed E-state index contributed by atoms with van der Waals surface area (Å²) in [5, 5.41) is 3.01. The van der Waals surface area contributed by atoms with Gasteiger partial charge < -0.3 is 19.2 Å². The van der Waals surface area contributed by atoms with Crippen LogP contribution < -0.4 is 14.8 Å². The quantitative estimate of drug-likeness (QED) is 0.734. The van der Waals surface area contributed by atoms with Gasteiger partial charge in [-0.2, -0.15) is 0 Å². The first-order valence-corrected chi connectivity index (χ1v) is 8.79. The molecule has 7 nitrogen and oxygen atoms in total. The van der Waals surface area contributed by atoms with Crippen LogP contribution in [0.1, 0.15) is 22.7 Å². The van der Waals surface area contributed by atoms with Gasteiger partial charge >= 0.3 is 0 Å². The van der Waals surface area contributed by atoms with Gasteiger partial charge in [-0.25, -0.2) is 4.98 Å². The van der Waals surface area contributed by atoms with Crippen LogP contribution in [0.5, 0.6) is 11.5 Å². The molecular weight excluding hydrogens is 358 g/mol. The first kappa shape index (κ1) is 17.8. The minimum atomic E-state index is -0.225. The summed E-state index contributed by atoms with van der Waals surface area (Å²) in [6.45, 7) is 0. The van der Waals surface area contributed by atoms with Crippen LogP contribution in [-0.4, -0.2) is 36.1 Å². The third-order valence-corrected chi connectivity index (χ3v) is 4.52. The zero-order valence-electron chi connectivity index (χ0n) is 15.5. The number of benzene rings is 1. The fourth-order valence-electron chi connectivity index (χ4n) is 3.09. The molecule has 0 fully saturated rings. The van der Waals surface area contributed by atoms with Crippen LogP contribution in [0.4, 0.5) is 0 Å². The number of ether oxygens (including phenoxy) is 2. The van der Waals surface area contributed by atoms with Gasteiger partial charge in [0.15, 0.2) is 5.58 Å². The Bertz CT molecular complexity index is 1050. The lowest BCUT2D eigenvalue weighted by Gasteiger charge is -2.19. The summed E-state index contributed by atoms with van der Waals surface area (Å²) >= 11 is 0. The zero-order chi connectivity index (χ0) is 19.5. The SMILES string of the molecule is COc1ccc(C(=O)NC2C=CC=C(c3nc4cnccc4o3)C2)c(OC)c1. The van der Waals surface area contributed by atoms with E-state index in [0.717, 1.165) is 5.57 Å². The Labute approximate surface area is 161 Å². The van der Waals surface area contributed by atoms with Gasteiger partial charge in [-0.3, -0.25) is 9.78 Å². The summed E-state index contributed by atoms with van der Waals surface area (Å²) in [4.78, 5) is 21.3. The lowest BCUT2D eigenvalue weighted by molar-refractivity contribution is 0.0941. The average Bonchev–Trinajstić information content (AvgIpc) is 3.17. The number of amides is 1. The van der Waals surface area contributed by atoms with Crippen molar-refractivity contribution >= 4 is 22.6 Å². The van der Waals surface area contributed by atoms with Crippen LogP contribution in [0.2, 0.25) is 0 Å². The molecule has 0 spiro atoms. The molecular formula is C21H19N3O4. The molecule has 2 aromatic heterocycles. The normalized spacial score (nSPS) is 15.9. The molecule has 1 N–H and O–H groups in total. The summed E-state index contributed by atoms with van der Waals surface area (Å²) in [6.07, 6.45) is 9.66. The topological polar surface area (TPSA) is 86.5 Å². The number of oxazole rings is 1. The summed E-state index contributed by atoms with van der Waals surface area (Å²) in [7, 11) is 3.09. The number of methoxy groups -OCH3 is 2. The number of fused-ring (bicyclic) bond motifs is 1. The van der Waals surface area contributed by atoms with E-state index in [1.165, 1.54) is 7.11 Å². The molecule has 1 aliphatic carbocycles. The van der Waals surface area contributed by atoms with E-state index in [2.05, 4.69) is 15.3 Å². The monoisotopic (exact) mass is 377 g/mol. The van der Waals surface area contributed by atoms with Gasteiger partial charge in [0.05, 0.1) is 32.0 Å². The van der Waals surface area contributed by atoms with Gasteiger partial charge in [-0.05, 0) is 12.1 Å². The van der Waals surface area contributed by atoms with E-state index in [-0.39, 0.29) is 11.9 Å². The third-order valence-electron chi connectivity index (χ3n) is 4.52. The maximum absolute atomic E-state index is 12.7. The number of pyridine rings is 1. The van der Waals surface area contributed by atoms with Crippen molar-refractivity contribution in [2.24, 2.45) is 0 Å². The highest BCUT2D eigenvalue weighted by Crippen LogP contribution is 2.28. The molecule has 1 unspecified atom stereocenters. The summed E-state index contributed by atoms with van der Waals surface area (Å²) < 4.78 is 16.3. The number of hydrogen-bond acceptors (Lipinski definition) is 6. The second-order valence-electron chi connectivity index (χ2n) is 6.29. The van der Waals surface area contributed by atoms with Crippen LogP contribution >= 0.6 is 0 Å². The summed E-state index contributed by atoms with van der Waals surface area (Å²) in [5.74, 6) is 1.39. The van der Waals surface area contributed by atoms with Gasteiger partial charge in [-0.1, -0.05) is 18.2 Å². The molecule has 0 radical (unpaired) electrons. The van der Waals surface area contributed by atoms with Crippen molar-refractivity contribution in [1.82, 2.24) is 15.3 Å². The number of allylic oxidation sites excluding steroid dienone is 2. The zero-order valence-corrected chi connectivity index (χ0v) is 15.5. The third kappa shape index (κ3) is 3.46. The minimum absolute atomic E-state index is 0.188. The van der Waals surface area contributed by atoms with Crippen molar-refractivity contribution in [1.29, 1.82) is 0 Å². The van der Waals surface area contributed by atoms with Crippen LogP contribution in [0, 0.1) is 0 Å². The highest BCUT2D eigenvalue weighted by Gasteiger charge is 2.21. The minimum Gasteiger partial charge on any atom is -0.497 e. The van der Waals surface area contributed by atoms with Gasteiger partial charge in [0.2, 0.25) is 5.89 Å². The van der Waals surface area contributed by atoms with E-state index in [0.29, 0.717) is 40.5 Å². The maximum atomic E-state index is 12.7. The molecule has 0 saturated heterocycles. The van der Waals surface area contributed by atoms with Crippen molar-refractivity contribution in [3.63, 3.8) is 0 Å². The predicted molar refractivity (Wildman–Crippen MR) is 104 cm³/mol. The number of nitrogens with one attached hydrogen (secondary N) is 1. The molecule has 28 heavy (non-hydrogen) atoms. The lowest BCUT2D eigenvalue weighted by Crippen LogP contribution is -2.34. The molecule has 0 saturated carbocycles. The number of carbonyl (C=O) groups is 1. The van der Waals surface area contributed by atoms with Crippen molar-refractivity contribution in [3.8, 4) is 11.5 Å². The summed E-state index contributed by atoms with van der Waals surface area (Å²) in [5.41, 5.74) is 2.74. The lowest BCUT2D eigenvalue weighted by atomic mass is 10.00. The molecule has 1 aliphatic rings. The standard InChI is InChI=1S/C21H19N3O4/c1-26-15-6-7-16(19(11-15)27-2)20(25)23-14-5-3-4-13(10-14)21-24-17-12-22-9-8-18(17)28-21/h3-9,11-12,14H,10H2,1-2H3,(H,23,25). The smallest absolute Gasteiger partial charge is 0.255 e. The Balaban J connectivity index is 1.50.